The number of anilines is 1. The molecule has 5 atom stereocenters. The van der Waals surface area contributed by atoms with E-state index in [-0.39, 0.29) is 18.0 Å². The topological polar surface area (TPSA) is 169 Å². The summed E-state index contributed by atoms with van der Waals surface area (Å²) < 4.78 is 19.6. The zero-order valence-corrected chi connectivity index (χ0v) is 14.8. The number of imidazole rings is 1. The number of thioether (sulfide) groups is 1. The van der Waals surface area contributed by atoms with Gasteiger partial charge in [0.1, 0.15) is 30.1 Å². The van der Waals surface area contributed by atoms with Gasteiger partial charge < -0.3 is 25.8 Å². The van der Waals surface area contributed by atoms with Crippen LogP contribution in [0, 0.1) is 0 Å². The molecule has 2 aromatic rings. The first-order valence-electron chi connectivity index (χ1n) is 8.05. The first kappa shape index (κ1) is 19.7. The fourth-order valence-corrected chi connectivity index (χ4v) is 3.86. The fourth-order valence-electron chi connectivity index (χ4n) is 2.78. The first-order chi connectivity index (χ1) is 12.9. The van der Waals surface area contributed by atoms with E-state index in [0.717, 1.165) is 0 Å². The van der Waals surface area contributed by atoms with Gasteiger partial charge in [-0.1, -0.05) is 0 Å². The Morgan fingerprint density at radius 2 is 2.19 bits per heavy atom. The second-order valence-corrected chi connectivity index (χ2v) is 7.14. The molecule has 1 fully saturated rings. The van der Waals surface area contributed by atoms with Gasteiger partial charge in [0.15, 0.2) is 17.7 Å². The Morgan fingerprint density at radius 3 is 2.89 bits per heavy atom. The summed E-state index contributed by atoms with van der Waals surface area (Å²) in [4.78, 5) is 22.8. The Kier molecular flexibility index (Phi) is 6.06. The van der Waals surface area contributed by atoms with Crippen LogP contribution in [0.1, 0.15) is 12.6 Å². The van der Waals surface area contributed by atoms with Crippen molar-refractivity contribution in [1.29, 1.82) is 0 Å². The molecule has 1 saturated heterocycles. The molecule has 3 heterocycles. The monoisotopic (exact) mass is 402 g/mol. The lowest BCUT2D eigenvalue weighted by Crippen LogP contribution is -2.33. The zero-order valence-electron chi connectivity index (χ0n) is 14.0. The number of aliphatic hydroxyl groups excluding tert-OH is 2. The summed E-state index contributed by atoms with van der Waals surface area (Å²) in [5, 5.41) is 29.4. The number of rotatable bonds is 8. The maximum Gasteiger partial charge on any atom is 0.323 e. The number of nitrogen functional groups attached to an aromatic ring is 1. The van der Waals surface area contributed by atoms with E-state index in [1.165, 1.54) is 34.5 Å². The van der Waals surface area contributed by atoms with Crippen LogP contribution in [0.5, 0.6) is 0 Å². The molecule has 3 rings (SSSR count). The minimum absolute atomic E-state index is 0.0631. The number of carboxylic acids is 1. The number of aliphatic hydroxyl groups is 2. The second kappa shape index (κ2) is 8.31. The van der Waals surface area contributed by atoms with E-state index < -0.39 is 36.6 Å². The SMILES string of the molecule is Nc1ncnc2c1ncn2[C@@H]1O[C@H](CSCC[C@H](NF)C(=O)O)[C@@H](O)[C@H]1O. The molecule has 0 bridgehead atoms. The maximum atomic E-state index is 12.3. The average molecular weight is 402 g/mol. The van der Waals surface area contributed by atoms with Gasteiger partial charge in [0.2, 0.25) is 0 Å². The number of hydrogen-bond donors (Lipinski definition) is 5. The molecule has 1 aliphatic heterocycles. The highest BCUT2D eigenvalue weighted by Gasteiger charge is 2.44. The van der Waals surface area contributed by atoms with Crippen LogP contribution >= 0.6 is 11.8 Å². The second-order valence-electron chi connectivity index (χ2n) is 5.99. The van der Waals surface area contributed by atoms with Gasteiger partial charge in [-0.2, -0.15) is 11.8 Å². The highest BCUT2D eigenvalue weighted by molar-refractivity contribution is 7.99. The molecule has 11 nitrogen and oxygen atoms in total. The molecular weight excluding hydrogens is 383 g/mol. The summed E-state index contributed by atoms with van der Waals surface area (Å²) in [5.74, 6) is -0.469. The molecule has 2 aromatic heterocycles. The van der Waals surface area contributed by atoms with Crippen LogP contribution in [0.2, 0.25) is 0 Å². The van der Waals surface area contributed by atoms with Crippen molar-refractivity contribution in [3.63, 3.8) is 0 Å². The van der Waals surface area contributed by atoms with E-state index in [4.69, 9.17) is 15.6 Å². The maximum absolute atomic E-state index is 12.3. The van der Waals surface area contributed by atoms with Gasteiger partial charge in [-0.25, -0.2) is 15.0 Å². The summed E-state index contributed by atoms with van der Waals surface area (Å²) in [5.41, 5.74) is 7.69. The molecule has 13 heteroatoms. The minimum atomic E-state index is -1.28. The van der Waals surface area contributed by atoms with Crippen molar-refractivity contribution < 1.29 is 29.3 Å². The molecule has 0 aromatic carbocycles. The fraction of sp³-hybridized carbons (Fsp3) is 0.571. The number of carboxylic acid groups (broad SMARTS) is 1. The van der Waals surface area contributed by atoms with E-state index in [0.29, 0.717) is 16.9 Å². The van der Waals surface area contributed by atoms with Gasteiger partial charge in [-0.05, 0) is 12.2 Å². The molecule has 0 aliphatic carbocycles. The Hall–Kier alpha value is -2.06. The molecule has 0 spiro atoms. The number of aromatic nitrogens is 4. The predicted molar refractivity (Wildman–Crippen MR) is 93.3 cm³/mol. The molecule has 27 heavy (non-hydrogen) atoms. The molecule has 6 N–H and O–H groups in total. The van der Waals surface area contributed by atoms with E-state index in [9.17, 15) is 19.5 Å². The van der Waals surface area contributed by atoms with Crippen molar-refractivity contribution in [2.75, 3.05) is 17.2 Å². The number of fused-ring (bicyclic) bond motifs is 1. The Bertz CT molecular complexity index is 809. The van der Waals surface area contributed by atoms with Crippen molar-refractivity contribution in [2.45, 2.75) is 37.0 Å². The third kappa shape index (κ3) is 3.96. The van der Waals surface area contributed by atoms with Crippen LogP contribution in [0.15, 0.2) is 12.7 Å². The lowest BCUT2D eigenvalue weighted by Gasteiger charge is -2.16. The summed E-state index contributed by atoms with van der Waals surface area (Å²) in [7, 11) is 0. The van der Waals surface area contributed by atoms with Crippen molar-refractivity contribution >= 4 is 34.7 Å². The van der Waals surface area contributed by atoms with E-state index >= 15 is 0 Å². The standard InChI is InChI=1S/C14H19FN6O5S/c15-20-6(14(24)25)1-2-27-3-7-9(22)10(23)13(26-7)21-5-19-8-11(16)17-4-18-12(8)21/h4-7,9-10,13,20,22-23H,1-3H2,(H,24,25)(H2,16,17,18)/t6-,7+,9+,10+,13+/m0/s1. The number of ether oxygens (including phenoxy) is 1. The van der Waals surface area contributed by atoms with E-state index in [1.807, 2.05) is 0 Å². The smallest absolute Gasteiger partial charge is 0.323 e. The van der Waals surface area contributed by atoms with Crippen LogP contribution in [0.4, 0.5) is 10.3 Å². The third-order valence-corrected chi connectivity index (χ3v) is 5.35. The Labute approximate surface area is 156 Å². The van der Waals surface area contributed by atoms with E-state index in [2.05, 4.69) is 15.0 Å². The molecule has 0 amide bonds. The Morgan fingerprint density at radius 1 is 1.41 bits per heavy atom. The third-order valence-electron chi connectivity index (χ3n) is 4.26. The number of nitrogens with zero attached hydrogens (tertiary/aromatic N) is 4. The summed E-state index contributed by atoms with van der Waals surface area (Å²) in [6.45, 7) is 0. The molecule has 0 unspecified atom stereocenters. The van der Waals surface area contributed by atoms with Crippen LogP contribution in [0.3, 0.4) is 0 Å². The van der Waals surface area contributed by atoms with E-state index in [1.54, 1.807) is 0 Å². The summed E-state index contributed by atoms with van der Waals surface area (Å²) in [6.07, 6.45) is -1.27. The number of nitrogens with two attached hydrogens (primary N) is 1. The summed E-state index contributed by atoms with van der Waals surface area (Å²) in [6, 6.07) is -1.28. The molecule has 148 valence electrons. The van der Waals surface area contributed by atoms with Gasteiger partial charge in [0.25, 0.3) is 0 Å². The van der Waals surface area contributed by atoms with Crippen LogP contribution in [0.25, 0.3) is 11.2 Å². The van der Waals surface area contributed by atoms with Gasteiger partial charge in [-0.15, -0.1) is 10.0 Å². The highest BCUT2D eigenvalue weighted by atomic mass is 32.2. The van der Waals surface area contributed by atoms with Crippen molar-refractivity contribution in [1.82, 2.24) is 25.1 Å². The Balaban J connectivity index is 1.62. The van der Waals surface area contributed by atoms with Crippen molar-refractivity contribution in [3.8, 4) is 0 Å². The quantitative estimate of drug-likeness (QED) is 0.273. The normalized spacial score (nSPS) is 26.5. The number of halogens is 1. The minimum Gasteiger partial charge on any atom is -0.480 e. The molecule has 1 aliphatic rings. The summed E-state index contributed by atoms with van der Waals surface area (Å²) >= 11 is 1.29. The molecular formula is C14H19FN6O5S. The number of aliphatic carboxylic acids is 1. The number of hydrogen-bond acceptors (Lipinski definition) is 10. The molecule has 0 saturated carbocycles. The lowest BCUT2D eigenvalue weighted by molar-refractivity contribution is -0.140. The van der Waals surface area contributed by atoms with Gasteiger partial charge in [0.05, 0.1) is 12.4 Å². The van der Waals surface area contributed by atoms with Crippen molar-refractivity contribution in [2.24, 2.45) is 0 Å². The van der Waals surface area contributed by atoms with Crippen molar-refractivity contribution in [3.05, 3.63) is 12.7 Å². The predicted octanol–water partition coefficient (Wildman–Crippen LogP) is -0.922. The highest BCUT2D eigenvalue weighted by Crippen LogP contribution is 2.33. The van der Waals surface area contributed by atoms with Gasteiger partial charge in [-0.3, -0.25) is 9.36 Å². The first-order valence-corrected chi connectivity index (χ1v) is 9.20. The van der Waals surface area contributed by atoms with Gasteiger partial charge >= 0.3 is 5.97 Å². The average Bonchev–Trinajstić information content (AvgIpc) is 3.18. The molecule has 0 radical (unpaired) electrons. The number of carbonyl (C=O) groups is 1. The largest absolute Gasteiger partial charge is 0.480 e. The van der Waals surface area contributed by atoms with Gasteiger partial charge in [0, 0.05) is 5.75 Å². The van der Waals surface area contributed by atoms with Crippen LogP contribution in [-0.2, 0) is 9.53 Å². The van der Waals surface area contributed by atoms with Crippen LogP contribution < -0.4 is 11.3 Å². The zero-order chi connectivity index (χ0) is 19.6. The lowest BCUT2D eigenvalue weighted by atomic mass is 10.1. The number of nitrogens with one attached hydrogen (secondary N) is 1. The van der Waals surface area contributed by atoms with Crippen LogP contribution in [-0.4, -0.2) is 76.7 Å².